The largest absolute Gasteiger partial charge is 0.468 e. The highest BCUT2D eigenvalue weighted by Gasteiger charge is 2.47. The fourth-order valence-corrected chi connectivity index (χ4v) is 4.72. The second-order valence-corrected chi connectivity index (χ2v) is 8.27. The van der Waals surface area contributed by atoms with Gasteiger partial charge < -0.3 is 14.8 Å². The van der Waals surface area contributed by atoms with Gasteiger partial charge in [-0.25, -0.2) is 4.79 Å². The smallest absolute Gasteiger partial charge is 0.336 e. The first-order valence-electron chi connectivity index (χ1n) is 9.66. The molecule has 0 saturated heterocycles. The van der Waals surface area contributed by atoms with Gasteiger partial charge in [-0.15, -0.1) is 0 Å². The Bertz CT molecular complexity index is 982. The second-order valence-electron chi connectivity index (χ2n) is 7.42. The summed E-state index contributed by atoms with van der Waals surface area (Å²) in [7, 11) is 1.26. The van der Waals surface area contributed by atoms with Crippen molar-refractivity contribution in [3.05, 3.63) is 56.3 Å². The van der Waals surface area contributed by atoms with E-state index in [0.29, 0.717) is 39.0 Å². The van der Waals surface area contributed by atoms with Crippen molar-refractivity contribution in [3.8, 4) is 0 Å². The van der Waals surface area contributed by atoms with Gasteiger partial charge in [-0.3, -0.25) is 9.59 Å². The molecule has 1 heterocycles. The minimum Gasteiger partial charge on any atom is -0.468 e. The molecule has 1 N–H and O–H groups in total. The normalized spacial score (nSPS) is 23.7. The molecule has 1 aliphatic heterocycles. The minimum atomic E-state index is -0.953. The molecule has 0 saturated carbocycles. The lowest BCUT2D eigenvalue weighted by atomic mass is 9.69. The van der Waals surface area contributed by atoms with Gasteiger partial charge in [-0.05, 0) is 43.9 Å². The number of Topliss-reactive ketones (excluding diaryl/α,β-unsaturated/α-hetero) is 1. The molecule has 8 heteroatoms. The summed E-state index contributed by atoms with van der Waals surface area (Å²) in [6.45, 7) is 5.47. The molecule has 0 amide bonds. The van der Waals surface area contributed by atoms with Crippen LogP contribution in [-0.2, 0) is 23.9 Å². The van der Waals surface area contributed by atoms with Crippen LogP contribution in [0.4, 0.5) is 0 Å². The number of hydrogen-bond donors (Lipinski definition) is 1. The van der Waals surface area contributed by atoms with Gasteiger partial charge in [0, 0.05) is 32.9 Å². The fourth-order valence-electron chi connectivity index (χ4n) is 4.21. The number of methoxy groups -OCH3 is 1. The van der Waals surface area contributed by atoms with E-state index in [2.05, 4.69) is 5.32 Å². The number of dihydropyridines is 1. The molecule has 1 aliphatic carbocycles. The van der Waals surface area contributed by atoms with Crippen LogP contribution in [0.5, 0.6) is 0 Å². The van der Waals surface area contributed by atoms with Crippen LogP contribution >= 0.6 is 23.2 Å². The van der Waals surface area contributed by atoms with Gasteiger partial charge in [-0.1, -0.05) is 36.2 Å². The molecule has 1 aromatic rings. The molecule has 0 bridgehead atoms. The summed E-state index contributed by atoms with van der Waals surface area (Å²) in [5.74, 6) is -3.51. The first-order chi connectivity index (χ1) is 14.2. The minimum absolute atomic E-state index is 0.179. The molecule has 0 fully saturated rings. The number of hydrogen-bond acceptors (Lipinski definition) is 6. The van der Waals surface area contributed by atoms with Crippen LogP contribution < -0.4 is 5.32 Å². The molecule has 1 aromatic carbocycles. The Morgan fingerprint density at radius 2 is 1.97 bits per heavy atom. The first kappa shape index (κ1) is 22.4. The molecule has 0 radical (unpaired) electrons. The van der Waals surface area contributed by atoms with Gasteiger partial charge in [0.2, 0.25) is 0 Å². The number of ether oxygens (including phenoxy) is 2. The number of carbonyl (C=O) groups is 3. The topological polar surface area (TPSA) is 81.7 Å². The molecule has 2 aliphatic rings. The zero-order valence-electron chi connectivity index (χ0n) is 17.2. The maximum Gasteiger partial charge on any atom is 0.336 e. The van der Waals surface area contributed by atoms with Crippen LogP contribution in [-0.4, -0.2) is 31.4 Å². The molecule has 160 valence electrons. The Labute approximate surface area is 185 Å². The number of esters is 2. The third-order valence-corrected chi connectivity index (χ3v) is 6.07. The lowest BCUT2D eigenvalue weighted by Crippen LogP contribution is -2.43. The molecular weight excluding hydrogens is 429 g/mol. The van der Waals surface area contributed by atoms with E-state index in [4.69, 9.17) is 32.7 Å². The molecule has 6 nitrogen and oxygen atoms in total. The van der Waals surface area contributed by atoms with E-state index in [-0.39, 0.29) is 23.9 Å². The Balaban J connectivity index is 2.23. The van der Waals surface area contributed by atoms with Gasteiger partial charge in [-0.2, -0.15) is 0 Å². The average molecular weight is 452 g/mol. The van der Waals surface area contributed by atoms with Crippen molar-refractivity contribution < 1.29 is 23.9 Å². The zero-order valence-corrected chi connectivity index (χ0v) is 18.7. The highest BCUT2D eigenvalue weighted by atomic mass is 35.5. The van der Waals surface area contributed by atoms with Gasteiger partial charge in [0.05, 0.1) is 19.3 Å². The highest BCUT2D eigenvalue weighted by Crippen LogP contribution is 2.47. The summed E-state index contributed by atoms with van der Waals surface area (Å²) in [6, 6.07) is 4.90. The predicted molar refractivity (Wildman–Crippen MR) is 113 cm³/mol. The standard InChI is InChI=1S/C22H23Cl2NO5/c1-5-30-22(28)17-11(3)25-15-8-10(2)16(21(27)29-4)20(26)19(15)18(17)13-7-6-12(23)9-14(13)24/h6-7,9-10,16,18,25H,5,8H2,1-4H3/t10-,16+,18+/m0/s1. The molecule has 0 spiro atoms. The summed E-state index contributed by atoms with van der Waals surface area (Å²) in [4.78, 5) is 38.8. The van der Waals surface area contributed by atoms with E-state index in [1.165, 1.54) is 7.11 Å². The van der Waals surface area contributed by atoms with Crippen LogP contribution in [0.1, 0.15) is 38.7 Å². The SMILES string of the molecule is CCOC(=O)C1=C(C)NC2=C(C(=O)[C@H](C(=O)OC)[C@@H](C)C2)[C@@H]1c1ccc(Cl)cc1Cl. The van der Waals surface area contributed by atoms with Crippen molar-refractivity contribution >= 4 is 40.9 Å². The molecule has 30 heavy (non-hydrogen) atoms. The number of rotatable bonds is 4. The molecule has 3 atom stereocenters. The number of nitrogens with one attached hydrogen (secondary N) is 1. The fraction of sp³-hybridized carbons (Fsp3) is 0.409. The number of halogens is 2. The van der Waals surface area contributed by atoms with Gasteiger partial charge in [0.25, 0.3) is 0 Å². The van der Waals surface area contributed by atoms with E-state index in [9.17, 15) is 14.4 Å². The van der Waals surface area contributed by atoms with E-state index in [1.54, 1.807) is 32.0 Å². The van der Waals surface area contributed by atoms with Crippen LogP contribution in [0.2, 0.25) is 10.0 Å². The van der Waals surface area contributed by atoms with Crippen LogP contribution in [0, 0.1) is 11.8 Å². The maximum atomic E-state index is 13.5. The third-order valence-electron chi connectivity index (χ3n) is 5.51. The summed E-state index contributed by atoms with van der Waals surface area (Å²) in [5.41, 5.74) is 2.42. The van der Waals surface area contributed by atoms with Crippen molar-refractivity contribution in [2.45, 2.75) is 33.1 Å². The van der Waals surface area contributed by atoms with E-state index >= 15 is 0 Å². The number of allylic oxidation sites excluding steroid dienone is 3. The quantitative estimate of drug-likeness (QED) is 0.546. The van der Waals surface area contributed by atoms with Crippen molar-refractivity contribution in [3.63, 3.8) is 0 Å². The van der Waals surface area contributed by atoms with Crippen molar-refractivity contribution in [2.75, 3.05) is 13.7 Å². The molecular formula is C22H23Cl2NO5. The van der Waals surface area contributed by atoms with Crippen molar-refractivity contribution in [1.82, 2.24) is 5.32 Å². The van der Waals surface area contributed by atoms with Crippen molar-refractivity contribution in [1.29, 1.82) is 0 Å². The van der Waals surface area contributed by atoms with E-state index < -0.39 is 23.8 Å². The lowest BCUT2D eigenvalue weighted by molar-refractivity contribution is -0.151. The van der Waals surface area contributed by atoms with Gasteiger partial charge in [0.15, 0.2) is 5.78 Å². The number of carbonyl (C=O) groups excluding carboxylic acids is 3. The summed E-state index contributed by atoms with van der Waals surface area (Å²) in [5, 5.41) is 3.94. The highest BCUT2D eigenvalue weighted by molar-refractivity contribution is 6.35. The lowest BCUT2D eigenvalue weighted by Gasteiger charge is -2.38. The Morgan fingerprint density at radius 3 is 2.57 bits per heavy atom. The maximum absolute atomic E-state index is 13.5. The summed E-state index contributed by atoms with van der Waals surface area (Å²) < 4.78 is 10.1. The number of benzene rings is 1. The third kappa shape index (κ3) is 3.86. The molecule has 3 rings (SSSR count). The van der Waals surface area contributed by atoms with E-state index in [0.717, 1.165) is 0 Å². The molecule has 0 unspecified atom stereocenters. The average Bonchev–Trinajstić information content (AvgIpc) is 2.66. The van der Waals surface area contributed by atoms with Crippen LogP contribution in [0.15, 0.2) is 40.7 Å². The summed E-state index contributed by atoms with van der Waals surface area (Å²) in [6.07, 6.45) is 0.454. The van der Waals surface area contributed by atoms with Gasteiger partial charge >= 0.3 is 11.9 Å². The first-order valence-corrected chi connectivity index (χ1v) is 10.4. The van der Waals surface area contributed by atoms with Crippen LogP contribution in [0.3, 0.4) is 0 Å². The van der Waals surface area contributed by atoms with Crippen molar-refractivity contribution in [2.24, 2.45) is 11.8 Å². The Hall–Kier alpha value is -2.31. The zero-order chi connectivity index (χ0) is 22.2. The Kier molecular flexibility index (Phi) is 6.58. The predicted octanol–water partition coefficient (Wildman–Crippen LogP) is 4.17. The Morgan fingerprint density at radius 1 is 1.27 bits per heavy atom. The monoisotopic (exact) mass is 451 g/mol. The second kappa shape index (κ2) is 8.82. The summed E-state index contributed by atoms with van der Waals surface area (Å²) >= 11 is 12.5. The number of ketones is 1. The van der Waals surface area contributed by atoms with E-state index in [1.807, 2.05) is 6.92 Å². The van der Waals surface area contributed by atoms with Crippen LogP contribution in [0.25, 0.3) is 0 Å². The molecule has 0 aromatic heterocycles. The van der Waals surface area contributed by atoms with Gasteiger partial charge in [0.1, 0.15) is 5.92 Å².